The molecule has 6 nitrogen and oxygen atoms in total. The second-order valence-corrected chi connectivity index (χ2v) is 14.2. The average Bonchev–Trinajstić information content (AvgIpc) is 3.57. The molecule has 1 amide bonds. The van der Waals surface area contributed by atoms with Crippen LogP contribution in [0.2, 0.25) is 0 Å². The van der Waals surface area contributed by atoms with Crippen molar-refractivity contribution >= 4 is 22.5 Å². The van der Waals surface area contributed by atoms with E-state index in [1.165, 1.54) is 6.20 Å². The predicted molar refractivity (Wildman–Crippen MR) is 191 cm³/mol. The lowest BCUT2D eigenvalue weighted by atomic mass is 9.77. The Morgan fingerprint density at radius 3 is 1.90 bits per heavy atom. The van der Waals surface area contributed by atoms with Crippen molar-refractivity contribution in [1.29, 1.82) is 0 Å². The number of carbonyl (C=O) groups excluding carboxylic acids is 1. The van der Waals surface area contributed by atoms with Gasteiger partial charge >= 0.3 is 6.18 Å². The lowest BCUT2D eigenvalue weighted by Crippen LogP contribution is -2.38. The largest absolute Gasteiger partial charge is 0.399 e. The highest BCUT2D eigenvalue weighted by Gasteiger charge is 2.65. The molecule has 256 valence electrons. The van der Waals surface area contributed by atoms with Gasteiger partial charge in [0.25, 0.3) is 0 Å². The Hall–Kier alpha value is -5.28. The van der Waals surface area contributed by atoms with Gasteiger partial charge in [-0.2, -0.15) is 18.3 Å². The van der Waals surface area contributed by atoms with Crippen molar-refractivity contribution < 1.29 is 18.0 Å². The standard InChI is InChI=1S/C42H36F3N5O/c43-42(44,45)40(19-20-40)36-26-29(18-23-47-36)37-34-27-33(49-25-22-39(38(49)51)21-24-46-28-39)16-17-35(34)50(48-37)41(30-10-4-1-5-11-30,31-12-6-2-7-13-31)32-14-8-3-9-15-32/h1-18,23,26-27,46H,19-22,24-25,28H2/t39-/m0/s1. The number of nitrogens with one attached hydrogen (secondary N) is 1. The number of anilines is 1. The molecule has 3 fully saturated rings. The monoisotopic (exact) mass is 683 g/mol. The molecular weight excluding hydrogens is 647 g/mol. The van der Waals surface area contributed by atoms with Crippen LogP contribution in [-0.2, 0) is 15.7 Å². The highest BCUT2D eigenvalue weighted by Crippen LogP contribution is 2.58. The number of amides is 1. The molecule has 9 heteroatoms. The maximum absolute atomic E-state index is 14.4. The van der Waals surface area contributed by atoms with Crippen molar-refractivity contribution in [2.45, 2.75) is 42.8 Å². The molecule has 1 N–H and O–H groups in total. The minimum absolute atomic E-state index is 0.0113. The van der Waals surface area contributed by atoms with Crippen molar-refractivity contribution in [3.05, 3.63) is 150 Å². The zero-order valence-corrected chi connectivity index (χ0v) is 27.9. The van der Waals surface area contributed by atoms with E-state index in [9.17, 15) is 18.0 Å². The normalized spacial score (nSPS) is 20.1. The van der Waals surface area contributed by atoms with Gasteiger partial charge in [0.1, 0.15) is 16.6 Å². The fourth-order valence-electron chi connectivity index (χ4n) is 8.50. The van der Waals surface area contributed by atoms with E-state index in [2.05, 4.69) is 46.7 Å². The van der Waals surface area contributed by atoms with Crippen molar-refractivity contribution in [3.8, 4) is 11.3 Å². The molecule has 1 spiro atoms. The lowest BCUT2D eigenvalue weighted by Gasteiger charge is -2.37. The van der Waals surface area contributed by atoms with Gasteiger partial charge in [-0.05, 0) is 79.3 Å². The molecular formula is C42H36F3N5O. The molecule has 1 aliphatic carbocycles. The van der Waals surface area contributed by atoms with Crippen LogP contribution in [-0.4, -0.2) is 46.5 Å². The number of nitrogens with zero attached hydrogens (tertiary/aromatic N) is 4. The van der Waals surface area contributed by atoms with Crippen LogP contribution in [0.4, 0.5) is 18.9 Å². The van der Waals surface area contributed by atoms with E-state index in [0.29, 0.717) is 24.3 Å². The van der Waals surface area contributed by atoms with Gasteiger partial charge in [0, 0.05) is 35.9 Å². The molecule has 0 unspecified atom stereocenters. The van der Waals surface area contributed by atoms with Crippen molar-refractivity contribution in [3.63, 3.8) is 0 Å². The zero-order chi connectivity index (χ0) is 34.8. The second kappa shape index (κ2) is 11.6. The van der Waals surface area contributed by atoms with Crippen LogP contribution in [0.5, 0.6) is 0 Å². The molecule has 0 radical (unpaired) electrons. The number of carbonyl (C=O) groups is 1. The summed E-state index contributed by atoms with van der Waals surface area (Å²) >= 11 is 0. The minimum Gasteiger partial charge on any atom is -0.316 e. The smallest absolute Gasteiger partial charge is 0.316 e. The first-order valence-corrected chi connectivity index (χ1v) is 17.5. The molecule has 2 aromatic heterocycles. The Balaban J connectivity index is 1.33. The van der Waals surface area contributed by atoms with Gasteiger partial charge in [-0.25, -0.2) is 4.68 Å². The molecule has 3 aliphatic rings. The molecule has 1 saturated carbocycles. The van der Waals surface area contributed by atoms with E-state index >= 15 is 0 Å². The number of fused-ring (bicyclic) bond motifs is 1. The van der Waals surface area contributed by atoms with Crippen LogP contribution >= 0.6 is 0 Å². The van der Waals surface area contributed by atoms with Crippen molar-refractivity contribution in [1.82, 2.24) is 20.1 Å². The summed E-state index contributed by atoms with van der Waals surface area (Å²) in [5.41, 5.74) is 2.22. The fraction of sp³-hybridized carbons (Fsp3) is 0.262. The van der Waals surface area contributed by atoms with Gasteiger partial charge in [-0.1, -0.05) is 91.0 Å². The summed E-state index contributed by atoms with van der Waals surface area (Å²) in [5.74, 6) is 0.111. The van der Waals surface area contributed by atoms with Crippen LogP contribution < -0.4 is 10.2 Å². The van der Waals surface area contributed by atoms with Crippen LogP contribution in [0, 0.1) is 5.41 Å². The van der Waals surface area contributed by atoms with Crippen LogP contribution in [0.3, 0.4) is 0 Å². The topological polar surface area (TPSA) is 63.1 Å². The first-order chi connectivity index (χ1) is 24.8. The number of aromatic nitrogens is 3. The maximum atomic E-state index is 14.4. The third-order valence-electron chi connectivity index (χ3n) is 11.4. The van der Waals surface area contributed by atoms with Gasteiger partial charge in [0.2, 0.25) is 5.91 Å². The Bertz CT molecular complexity index is 2140. The van der Waals surface area contributed by atoms with E-state index < -0.39 is 22.5 Å². The predicted octanol–water partition coefficient (Wildman–Crippen LogP) is 8.25. The molecule has 9 rings (SSSR count). The average molecular weight is 684 g/mol. The van der Waals surface area contributed by atoms with Crippen LogP contribution in [0.1, 0.15) is 48.1 Å². The molecule has 2 saturated heterocycles. The van der Waals surface area contributed by atoms with Gasteiger partial charge in [0.05, 0.1) is 16.6 Å². The van der Waals surface area contributed by atoms with E-state index in [1.54, 1.807) is 12.1 Å². The number of benzene rings is 4. The van der Waals surface area contributed by atoms with E-state index in [-0.39, 0.29) is 24.4 Å². The molecule has 4 aromatic carbocycles. The Kier molecular flexibility index (Phi) is 7.23. The molecule has 4 heterocycles. The SMILES string of the molecule is O=C1N(c2ccc3c(c2)c(-c2ccnc(C4(C(F)(F)F)CC4)c2)nn3C(c2ccccc2)(c2ccccc2)c2ccccc2)CC[C@]12CCNC2. The summed E-state index contributed by atoms with van der Waals surface area (Å²) in [7, 11) is 0. The highest BCUT2D eigenvalue weighted by molar-refractivity contribution is 6.03. The number of halogens is 3. The molecule has 51 heavy (non-hydrogen) atoms. The van der Waals surface area contributed by atoms with Gasteiger partial charge in [0.15, 0.2) is 0 Å². The van der Waals surface area contributed by atoms with Gasteiger partial charge in [-0.15, -0.1) is 0 Å². The first-order valence-electron chi connectivity index (χ1n) is 17.5. The summed E-state index contributed by atoms with van der Waals surface area (Å²) in [5, 5.41) is 9.53. The Labute approximate surface area is 293 Å². The second-order valence-electron chi connectivity index (χ2n) is 14.2. The summed E-state index contributed by atoms with van der Waals surface area (Å²) < 4.78 is 45.2. The Morgan fingerprint density at radius 2 is 1.35 bits per heavy atom. The highest BCUT2D eigenvalue weighted by atomic mass is 19.4. The summed E-state index contributed by atoms with van der Waals surface area (Å²) in [6, 6.07) is 39.8. The van der Waals surface area contributed by atoms with Gasteiger partial charge in [-0.3, -0.25) is 9.78 Å². The maximum Gasteiger partial charge on any atom is 0.399 e. The van der Waals surface area contributed by atoms with Crippen molar-refractivity contribution in [2.24, 2.45) is 5.41 Å². The number of hydrogen-bond acceptors (Lipinski definition) is 4. The number of hydrogen-bond donors (Lipinski definition) is 1. The van der Waals surface area contributed by atoms with E-state index in [4.69, 9.17) is 5.10 Å². The van der Waals surface area contributed by atoms with Crippen molar-refractivity contribution in [2.75, 3.05) is 24.5 Å². The molecule has 2 aliphatic heterocycles. The first kappa shape index (κ1) is 31.7. The summed E-state index contributed by atoms with van der Waals surface area (Å²) in [6.07, 6.45) is -1.34. The fourth-order valence-corrected chi connectivity index (χ4v) is 8.50. The van der Waals surface area contributed by atoms with E-state index in [1.807, 2.05) is 82.4 Å². The van der Waals surface area contributed by atoms with Gasteiger partial charge < -0.3 is 10.2 Å². The lowest BCUT2D eigenvalue weighted by molar-refractivity contribution is -0.161. The third-order valence-corrected chi connectivity index (χ3v) is 11.4. The quantitative estimate of drug-likeness (QED) is 0.172. The number of rotatable bonds is 7. The minimum atomic E-state index is -4.41. The summed E-state index contributed by atoms with van der Waals surface area (Å²) in [6.45, 7) is 2.09. The molecule has 6 aromatic rings. The van der Waals surface area contributed by atoms with Crippen LogP contribution in [0.25, 0.3) is 22.2 Å². The Morgan fingerprint density at radius 1 is 0.725 bits per heavy atom. The molecule has 0 bridgehead atoms. The number of alkyl halides is 3. The number of pyridine rings is 1. The van der Waals surface area contributed by atoms with Crippen LogP contribution in [0.15, 0.2) is 128 Å². The molecule has 1 atom stereocenters. The summed E-state index contributed by atoms with van der Waals surface area (Å²) in [4.78, 5) is 20.1. The third kappa shape index (κ3) is 4.78. The zero-order valence-electron chi connectivity index (χ0n) is 27.9. The van der Waals surface area contributed by atoms with E-state index in [0.717, 1.165) is 52.7 Å².